The molecule has 35 heavy (non-hydrogen) atoms. The van der Waals surface area contributed by atoms with Gasteiger partial charge in [-0.25, -0.2) is 14.8 Å². The van der Waals surface area contributed by atoms with Gasteiger partial charge < -0.3 is 5.32 Å². The van der Waals surface area contributed by atoms with Crippen LogP contribution in [0.25, 0.3) is 11.0 Å². The number of aromatic nitrogens is 4. The Morgan fingerprint density at radius 1 is 1.03 bits per heavy atom. The standard InChI is InChI=1S/C25H31N5O4S/c1-14(2)11-20(32)28-18-9-7-17(8-10-18)19(31)13-35-23-21-22(26-16(5)27-23)30(12-15(3)4)25(34)29(6)24(21)33/h7-10,14-15H,11-13H2,1-6H3,(H,28,32). The predicted molar refractivity (Wildman–Crippen MR) is 138 cm³/mol. The zero-order chi connectivity index (χ0) is 25.9. The molecule has 2 heterocycles. The third kappa shape index (κ3) is 6.25. The number of Topliss-reactive ketones (excluding diaryl/α,β-unsaturated/α-hetero) is 1. The van der Waals surface area contributed by atoms with Crippen molar-refractivity contribution in [3.63, 3.8) is 0 Å². The van der Waals surface area contributed by atoms with Gasteiger partial charge in [-0.3, -0.25) is 23.5 Å². The maximum absolute atomic E-state index is 13.0. The Labute approximate surface area is 208 Å². The van der Waals surface area contributed by atoms with Crippen LogP contribution in [0.1, 0.15) is 50.3 Å². The number of aryl methyl sites for hydroxylation is 1. The fourth-order valence-corrected chi connectivity index (χ4v) is 4.57. The van der Waals surface area contributed by atoms with Crippen molar-refractivity contribution in [1.29, 1.82) is 0 Å². The Morgan fingerprint density at radius 2 is 1.69 bits per heavy atom. The number of hydrogen-bond donors (Lipinski definition) is 1. The number of hydrogen-bond acceptors (Lipinski definition) is 7. The number of thioether (sulfide) groups is 1. The highest BCUT2D eigenvalue weighted by Crippen LogP contribution is 2.24. The highest BCUT2D eigenvalue weighted by Gasteiger charge is 2.19. The van der Waals surface area contributed by atoms with E-state index < -0.39 is 11.2 Å². The minimum absolute atomic E-state index is 0.0526. The number of rotatable bonds is 9. The molecule has 9 nitrogen and oxygen atoms in total. The number of fused-ring (bicyclic) bond motifs is 1. The van der Waals surface area contributed by atoms with Gasteiger partial charge in [-0.1, -0.05) is 39.5 Å². The first-order valence-electron chi connectivity index (χ1n) is 11.5. The van der Waals surface area contributed by atoms with Crippen molar-refractivity contribution in [2.45, 2.75) is 52.6 Å². The molecule has 0 radical (unpaired) electrons. The van der Waals surface area contributed by atoms with E-state index in [-0.39, 0.29) is 40.3 Å². The second kappa shape index (κ2) is 11.0. The van der Waals surface area contributed by atoms with E-state index in [0.717, 1.165) is 16.3 Å². The van der Waals surface area contributed by atoms with E-state index in [0.29, 0.717) is 35.1 Å². The Kier molecular flexibility index (Phi) is 8.26. The molecular formula is C25H31N5O4S. The van der Waals surface area contributed by atoms with Crippen LogP contribution in [-0.4, -0.2) is 36.5 Å². The van der Waals surface area contributed by atoms with Gasteiger partial charge in [0.2, 0.25) is 5.91 Å². The van der Waals surface area contributed by atoms with Crippen LogP contribution >= 0.6 is 11.8 Å². The first-order chi connectivity index (χ1) is 16.5. The van der Waals surface area contributed by atoms with Crippen molar-refractivity contribution in [1.82, 2.24) is 19.1 Å². The zero-order valence-corrected chi connectivity index (χ0v) is 21.7. The highest BCUT2D eigenvalue weighted by atomic mass is 32.2. The second-order valence-electron chi connectivity index (χ2n) is 9.36. The molecule has 3 aromatic rings. The number of carbonyl (C=O) groups is 2. The first kappa shape index (κ1) is 26.3. The van der Waals surface area contributed by atoms with Crippen molar-refractivity contribution >= 4 is 40.2 Å². The normalized spacial score (nSPS) is 11.4. The molecule has 0 aliphatic rings. The molecule has 3 rings (SSSR count). The van der Waals surface area contributed by atoms with E-state index in [9.17, 15) is 19.2 Å². The number of ketones is 1. The van der Waals surface area contributed by atoms with Gasteiger partial charge in [-0.05, 0) is 43.0 Å². The van der Waals surface area contributed by atoms with E-state index in [4.69, 9.17) is 0 Å². The number of anilines is 1. The van der Waals surface area contributed by atoms with Crippen LogP contribution in [0.3, 0.4) is 0 Å². The molecule has 0 saturated carbocycles. The largest absolute Gasteiger partial charge is 0.332 e. The number of amides is 1. The number of nitrogens with one attached hydrogen (secondary N) is 1. The molecule has 0 spiro atoms. The first-order valence-corrected chi connectivity index (χ1v) is 12.5. The molecule has 0 aliphatic carbocycles. The summed E-state index contributed by atoms with van der Waals surface area (Å²) in [4.78, 5) is 59.3. The van der Waals surface area contributed by atoms with Gasteiger partial charge >= 0.3 is 5.69 Å². The third-order valence-electron chi connectivity index (χ3n) is 5.23. The topological polar surface area (TPSA) is 116 Å². The highest BCUT2D eigenvalue weighted by molar-refractivity contribution is 8.00. The Balaban J connectivity index is 1.86. The average molecular weight is 498 g/mol. The molecule has 0 aliphatic heterocycles. The Hall–Kier alpha value is -3.27. The molecule has 0 saturated heterocycles. The summed E-state index contributed by atoms with van der Waals surface area (Å²) in [5, 5.41) is 3.43. The summed E-state index contributed by atoms with van der Waals surface area (Å²) in [6.45, 7) is 10.0. The predicted octanol–water partition coefficient (Wildman–Crippen LogP) is 3.41. The van der Waals surface area contributed by atoms with Crippen LogP contribution < -0.4 is 16.6 Å². The average Bonchev–Trinajstić information content (AvgIpc) is 2.78. The molecule has 0 unspecified atom stereocenters. The molecule has 186 valence electrons. The number of carbonyl (C=O) groups excluding carboxylic acids is 2. The van der Waals surface area contributed by atoms with Crippen LogP contribution in [0.5, 0.6) is 0 Å². The van der Waals surface area contributed by atoms with E-state index >= 15 is 0 Å². The quantitative estimate of drug-likeness (QED) is 0.274. The Bertz CT molecular complexity index is 1370. The maximum atomic E-state index is 13.0. The summed E-state index contributed by atoms with van der Waals surface area (Å²) in [5.41, 5.74) is 0.488. The molecule has 0 bridgehead atoms. The van der Waals surface area contributed by atoms with E-state index in [1.165, 1.54) is 11.6 Å². The van der Waals surface area contributed by atoms with Crippen LogP contribution in [0.2, 0.25) is 0 Å². The molecule has 10 heteroatoms. The van der Waals surface area contributed by atoms with Gasteiger partial charge in [-0.15, -0.1) is 0 Å². The van der Waals surface area contributed by atoms with Crippen molar-refractivity contribution in [2.24, 2.45) is 18.9 Å². The van der Waals surface area contributed by atoms with Crippen molar-refractivity contribution in [3.05, 3.63) is 56.5 Å². The SMILES string of the molecule is Cc1nc(SCC(=O)c2ccc(NC(=O)CC(C)C)cc2)c2c(=O)n(C)c(=O)n(CC(C)C)c2n1. The van der Waals surface area contributed by atoms with Crippen molar-refractivity contribution < 1.29 is 9.59 Å². The van der Waals surface area contributed by atoms with Gasteiger partial charge in [0.15, 0.2) is 11.4 Å². The van der Waals surface area contributed by atoms with Crippen molar-refractivity contribution in [3.8, 4) is 0 Å². The van der Waals surface area contributed by atoms with Crippen LogP contribution in [0.15, 0.2) is 38.9 Å². The fraction of sp³-hybridized carbons (Fsp3) is 0.440. The molecular weight excluding hydrogens is 466 g/mol. The maximum Gasteiger partial charge on any atom is 0.332 e. The van der Waals surface area contributed by atoms with Gasteiger partial charge in [0.05, 0.1) is 5.75 Å². The molecule has 0 fully saturated rings. The zero-order valence-electron chi connectivity index (χ0n) is 20.9. The van der Waals surface area contributed by atoms with Gasteiger partial charge in [0.25, 0.3) is 5.56 Å². The summed E-state index contributed by atoms with van der Waals surface area (Å²) in [7, 11) is 1.43. The van der Waals surface area contributed by atoms with Crippen LogP contribution in [0, 0.1) is 18.8 Å². The summed E-state index contributed by atoms with van der Waals surface area (Å²) in [6, 6.07) is 6.72. The van der Waals surface area contributed by atoms with Crippen LogP contribution in [-0.2, 0) is 18.4 Å². The van der Waals surface area contributed by atoms with Gasteiger partial charge in [0.1, 0.15) is 16.2 Å². The number of benzene rings is 1. The lowest BCUT2D eigenvalue weighted by molar-refractivity contribution is -0.116. The summed E-state index contributed by atoms with van der Waals surface area (Å²) in [6.07, 6.45) is 0.425. The minimum Gasteiger partial charge on any atom is -0.326 e. The summed E-state index contributed by atoms with van der Waals surface area (Å²) in [5.74, 6) is 0.673. The lowest BCUT2D eigenvalue weighted by Crippen LogP contribution is -2.39. The molecule has 1 aromatic carbocycles. The van der Waals surface area contributed by atoms with Gasteiger partial charge in [0, 0.05) is 31.3 Å². The summed E-state index contributed by atoms with van der Waals surface area (Å²) < 4.78 is 2.55. The van der Waals surface area contributed by atoms with E-state index in [2.05, 4.69) is 15.3 Å². The minimum atomic E-state index is -0.485. The monoisotopic (exact) mass is 497 g/mol. The number of nitrogens with zero attached hydrogens (tertiary/aromatic N) is 4. The second-order valence-corrected chi connectivity index (χ2v) is 10.3. The van der Waals surface area contributed by atoms with E-state index in [1.54, 1.807) is 31.2 Å². The smallest absolute Gasteiger partial charge is 0.326 e. The van der Waals surface area contributed by atoms with Gasteiger partial charge in [-0.2, -0.15) is 0 Å². The van der Waals surface area contributed by atoms with E-state index in [1.807, 2.05) is 27.7 Å². The Morgan fingerprint density at radius 3 is 2.29 bits per heavy atom. The lowest BCUT2D eigenvalue weighted by atomic mass is 10.1. The summed E-state index contributed by atoms with van der Waals surface area (Å²) >= 11 is 1.15. The molecule has 1 N–H and O–H groups in total. The molecule has 0 atom stereocenters. The lowest BCUT2D eigenvalue weighted by Gasteiger charge is -2.15. The fourth-order valence-electron chi connectivity index (χ4n) is 3.61. The molecule has 2 aromatic heterocycles. The molecule has 1 amide bonds. The van der Waals surface area contributed by atoms with Crippen LogP contribution in [0.4, 0.5) is 5.69 Å². The third-order valence-corrected chi connectivity index (χ3v) is 6.21. The van der Waals surface area contributed by atoms with Crippen molar-refractivity contribution in [2.75, 3.05) is 11.1 Å².